The van der Waals surface area contributed by atoms with Gasteiger partial charge in [-0.25, -0.2) is 9.97 Å². The van der Waals surface area contributed by atoms with Gasteiger partial charge in [0, 0.05) is 43.6 Å². The van der Waals surface area contributed by atoms with Gasteiger partial charge in [0.2, 0.25) is 0 Å². The summed E-state index contributed by atoms with van der Waals surface area (Å²) in [5.74, 6) is 0.943. The van der Waals surface area contributed by atoms with Crippen molar-refractivity contribution in [2.24, 2.45) is 0 Å². The molecule has 3 heterocycles. The third-order valence-corrected chi connectivity index (χ3v) is 4.38. The molecular formula is C16H22N6O. The van der Waals surface area contributed by atoms with E-state index < -0.39 is 0 Å². The number of aromatic nitrogens is 4. The van der Waals surface area contributed by atoms with Gasteiger partial charge in [0.05, 0.1) is 0 Å². The van der Waals surface area contributed by atoms with Crippen LogP contribution in [-0.4, -0.2) is 57.2 Å². The Balaban J connectivity index is 1.61. The van der Waals surface area contributed by atoms with E-state index in [-0.39, 0.29) is 5.91 Å². The second-order valence-electron chi connectivity index (χ2n) is 6.09. The normalized spacial score (nSPS) is 15.7. The molecule has 1 fully saturated rings. The summed E-state index contributed by atoms with van der Waals surface area (Å²) in [6, 6.07) is 4.17. The highest BCUT2D eigenvalue weighted by Crippen LogP contribution is 2.21. The van der Waals surface area contributed by atoms with Gasteiger partial charge in [-0.3, -0.25) is 9.89 Å². The third kappa shape index (κ3) is 3.33. The van der Waals surface area contributed by atoms with Crippen LogP contribution in [0.25, 0.3) is 0 Å². The van der Waals surface area contributed by atoms with Gasteiger partial charge >= 0.3 is 0 Å². The first-order chi connectivity index (χ1) is 11.0. The first-order valence-electron chi connectivity index (χ1n) is 7.87. The van der Waals surface area contributed by atoms with Crippen molar-refractivity contribution in [1.82, 2.24) is 25.1 Å². The van der Waals surface area contributed by atoms with Crippen LogP contribution in [-0.2, 0) is 0 Å². The Morgan fingerprint density at radius 2 is 2.00 bits per heavy atom. The average Bonchev–Trinajstić information content (AvgIpc) is 3.00. The van der Waals surface area contributed by atoms with Crippen molar-refractivity contribution in [3.05, 3.63) is 35.5 Å². The number of anilines is 1. The van der Waals surface area contributed by atoms with Gasteiger partial charge < -0.3 is 9.80 Å². The van der Waals surface area contributed by atoms with Crippen molar-refractivity contribution < 1.29 is 4.79 Å². The van der Waals surface area contributed by atoms with Gasteiger partial charge in [0.1, 0.15) is 17.8 Å². The molecule has 122 valence electrons. The number of nitrogens with zero attached hydrogens (tertiary/aromatic N) is 5. The molecule has 0 saturated carbocycles. The summed E-state index contributed by atoms with van der Waals surface area (Å²) < 4.78 is 0. The second kappa shape index (κ2) is 6.36. The van der Waals surface area contributed by atoms with Gasteiger partial charge in [-0.2, -0.15) is 5.10 Å². The SMILES string of the molecule is Cc1cc(N(C)C2CCN(C(=O)c3cc(C)[nH]n3)CC2)ncn1. The summed E-state index contributed by atoms with van der Waals surface area (Å²) in [7, 11) is 2.06. The number of rotatable bonds is 3. The van der Waals surface area contributed by atoms with Crippen LogP contribution in [0.4, 0.5) is 5.82 Å². The lowest BCUT2D eigenvalue weighted by molar-refractivity contribution is 0.0707. The van der Waals surface area contributed by atoms with Gasteiger partial charge in [0.15, 0.2) is 0 Å². The molecule has 1 amide bonds. The molecule has 3 rings (SSSR count). The second-order valence-corrected chi connectivity index (χ2v) is 6.09. The molecule has 7 nitrogen and oxygen atoms in total. The summed E-state index contributed by atoms with van der Waals surface area (Å²) in [6.45, 7) is 5.34. The summed E-state index contributed by atoms with van der Waals surface area (Å²) in [5, 5.41) is 6.88. The zero-order valence-electron chi connectivity index (χ0n) is 13.8. The predicted octanol–water partition coefficient (Wildman–Crippen LogP) is 1.56. The molecule has 2 aromatic rings. The van der Waals surface area contributed by atoms with Crippen molar-refractivity contribution in [2.45, 2.75) is 32.7 Å². The fraction of sp³-hybridized carbons (Fsp3) is 0.500. The Morgan fingerprint density at radius 3 is 2.61 bits per heavy atom. The molecule has 0 aliphatic carbocycles. The van der Waals surface area contributed by atoms with Crippen molar-refractivity contribution in [3.8, 4) is 0 Å². The highest BCUT2D eigenvalue weighted by Gasteiger charge is 2.27. The maximum Gasteiger partial charge on any atom is 0.274 e. The van der Waals surface area contributed by atoms with E-state index in [1.165, 1.54) is 0 Å². The lowest BCUT2D eigenvalue weighted by atomic mass is 10.0. The minimum absolute atomic E-state index is 0.00772. The van der Waals surface area contributed by atoms with Crippen LogP contribution >= 0.6 is 0 Å². The standard InChI is InChI=1S/C16H22N6O/c1-11-9-15(18-10-17-11)21(3)13-4-6-22(7-5-13)16(23)14-8-12(2)19-20-14/h8-10,13H,4-7H2,1-3H3,(H,19,20). The van der Waals surface area contributed by atoms with E-state index in [1.807, 2.05) is 24.8 Å². The molecule has 1 N–H and O–H groups in total. The summed E-state index contributed by atoms with van der Waals surface area (Å²) in [5.41, 5.74) is 2.37. The fourth-order valence-electron chi connectivity index (χ4n) is 2.97. The number of H-pyrrole nitrogens is 1. The van der Waals surface area contributed by atoms with Crippen molar-refractivity contribution >= 4 is 11.7 Å². The van der Waals surface area contributed by atoms with Crippen LogP contribution < -0.4 is 4.90 Å². The number of hydrogen-bond donors (Lipinski definition) is 1. The highest BCUT2D eigenvalue weighted by atomic mass is 16.2. The number of aryl methyl sites for hydroxylation is 2. The Bertz CT molecular complexity index is 689. The number of hydrogen-bond acceptors (Lipinski definition) is 5. The molecule has 0 atom stereocenters. The Hall–Kier alpha value is -2.44. The first kappa shape index (κ1) is 15.5. The van der Waals surface area contributed by atoms with E-state index in [9.17, 15) is 4.79 Å². The van der Waals surface area contributed by atoms with Crippen LogP contribution in [0.1, 0.15) is 34.7 Å². The largest absolute Gasteiger partial charge is 0.356 e. The van der Waals surface area contributed by atoms with Crippen molar-refractivity contribution in [1.29, 1.82) is 0 Å². The Labute approximate surface area is 135 Å². The molecular weight excluding hydrogens is 292 g/mol. The van der Waals surface area contributed by atoms with E-state index in [0.717, 1.165) is 43.1 Å². The number of amides is 1. The maximum atomic E-state index is 12.4. The van der Waals surface area contributed by atoms with Crippen LogP contribution in [0.5, 0.6) is 0 Å². The molecule has 0 unspecified atom stereocenters. The molecule has 1 aliphatic rings. The van der Waals surface area contributed by atoms with Gasteiger partial charge in [-0.05, 0) is 32.8 Å². The number of nitrogens with one attached hydrogen (secondary N) is 1. The zero-order valence-corrected chi connectivity index (χ0v) is 13.8. The smallest absolute Gasteiger partial charge is 0.274 e. The summed E-state index contributed by atoms with van der Waals surface area (Å²) in [4.78, 5) is 25.0. The monoisotopic (exact) mass is 314 g/mol. The van der Waals surface area contributed by atoms with Crippen molar-refractivity contribution in [3.63, 3.8) is 0 Å². The van der Waals surface area contributed by atoms with E-state index in [1.54, 1.807) is 12.4 Å². The van der Waals surface area contributed by atoms with Crippen LogP contribution in [0.15, 0.2) is 18.5 Å². The molecule has 0 radical (unpaired) electrons. The fourth-order valence-corrected chi connectivity index (χ4v) is 2.97. The molecule has 1 aliphatic heterocycles. The van der Waals surface area contributed by atoms with Crippen LogP contribution in [0, 0.1) is 13.8 Å². The number of carbonyl (C=O) groups excluding carboxylic acids is 1. The summed E-state index contributed by atoms with van der Waals surface area (Å²) >= 11 is 0. The molecule has 0 bridgehead atoms. The van der Waals surface area contributed by atoms with Crippen LogP contribution in [0.2, 0.25) is 0 Å². The topological polar surface area (TPSA) is 78.0 Å². The molecule has 0 aromatic carbocycles. The first-order valence-corrected chi connectivity index (χ1v) is 7.87. The Kier molecular flexibility index (Phi) is 4.27. The van der Waals surface area contributed by atoms with E-state index in [0.29, 0.717) is 11.7 Å². The molecule has 23 heavy (non-hydrogen) atoms. The number of aromatic amines is 1. The lowest BCUT2D eigenvalue weighted by Crippen LogP contribution is -2.46. The third-order valence-electron chi connectivity index (χ3n) is 4.38. The van der Waals surface area contributed by atoms with E-state index in [2.05, 4.69) is 32.1 Å². The number of carbonyl (C=O) groups is 1. The molecule has 2 aromatic heterocycles. The quantitative estimate of drug-likeness (QED) is 0.930. The van der Waals surface area contributed by atoms with Gasteiger partial charge in [-0.1, -0.05) is 0 Å². The van der Waals surface area contributed by atoms with Gasteiger partial charge in [-0.15, -0.1) is 0 Å². The van der Waals surface area contributed by atoms with Crippen molar-refractivity contribution in [2.75, 3.05) is 25.0 Å². The minimum Gasteiger partial charge on any atom is -0.356 e. The summed E-state index contributed by atoms with van der Waals surface area (Å²) in [6.07, 6.45) is 3.45. The van der Waals surface area contributed by atoms with Gasteiger partial charge in [0.25, 0.3) is 5.91 Å². The molecule has 7 heteroatoms. The Morgan fingerprint density at radius 1 is 1.26 bits per heavy atom. The highest BCUT2D eigenvalue weighted by molar-refractivity contribution is 5.92. The predicted molar refractivity (Wildman–Crippen MR) is 87.4 cm³/mol. The molecule has 0 spiro atoms. The van der Waals surface area contributed by atoms with E-state index >= 15 is 0 Å². The average molecular weight is 314 g/mol. The number of piperidine rings is 1. The number of likely N-dealkylation sites (tertiary alicyclic amines) is 1. The zero-order chi connectivity index (χ0) is 16.4. The molecule has 1 saturated heterocycles. The van der Waals surface area contributed by atoms with E-state index in [4.69, 9.17) is 0 Å². The maximum absolute atomic E-state index is 12.4. The van der Waals surface area contributed by atoms with Crippen LogP contribution in [0.3, 0.4) is 0 Å². The minimum atomic E-state index is 0.00772. The lowest BCUT2D eigenvalue weighted by Gasteiger charge is -2.37.